The first-order chi connectivity index (χ1) is 13.6. The number of rotatable bonds is 3. The standard InChI is InChI=1S/C22H24ClN5/c1-13-5-19(25-18-4-2-3-17(23)9-18)28-21(24-13)26-20(27-28)22-10-14-6-15(11-22)8-16(7-14)12-22/h2-5,9,14-16,25H,6-8,10-12H2,1H3. The van der Waals surface area contributed by atoms with Crippen LogP contribution in [-0.4, -0.2) is 19.6 Å². The highest BCUT2D eigenvalue weighted by atomic mass is 35.5. The lowest BCUT2D eigenvalue weighted by atomic mass is 9.49. The molecule has 5 nitrogen and oxygen atoms in total. The fourth-order valence-electron chi connectivity index (χ4n) is 6.40. The molecule has 2 aromatic heterocycles. The van der Waals surface area contributed by atoms with Crippen LogP contribution in [0.3, 0.4) is 0 Å². The number of nitrogens with zero attached hydrogens (tertiary/aromatic N) is 4. The summed E-state index contributed by atoms with van der Waals surface area (Å²) in [4.78, 5) is 9.63. The Morgan fingerprint density at radius 3 is 2.43 bits per heavy atom. The molecule has 3 aromatic rings. The molecule has 144 valence electrons. The van der Waals surface area contributed by atoms with Gasteiger partial charge >= 0.3 is 0 Å². The van der Waals surface area contributed by atoms with E-state index in [9.17, 15) is 0 Å². The summed E-state index contributed by atoms with van der Waals surface area (Å²) >= 11 is 6.15. The molecule has 4 bridgehead atoms. The first kappa shape index (κ1) is 16.8. The highest BCUT2D eigenvalue weighted by Gasteiger charge is 2.53. The van der Waals surface area contributed by atoms with Crippen LogP contribution in [0.5, 0.6) is 0 Å². The van der Waals surface area contributed by atoms with Gasteiger partial charge < -0.3 is 5.32 Å². The van der Waals surface area contributed by atoms with Gasteiger partial charge in [0.1, 0.15) is 5.82 Å². The van der Waals surface area contributed by atoms with E-state index in [1.807, 2.05) is 41.8 Å². The van der Waals surface area contributed by atoms with Gasteiger partial charge in [0.2, 0.25) is 0 Å². The van der Waals surface area contributed by atoms with Crippen LogP contribution < -0.4 is 5.32 Å². The number of aryl methyl sites for hydroxylation is 1. The average molecular weight is 394 g/mol. The lowest BCUT2D eigenvalue weighted by Gasteiger charge is -2.55. The second kappa shape index (κ2) is 5.93. The van der Waals surface area contributed by atoms with Gasteiger partial charge in [-0.25, -0.2) is 4.98 Å². The van der Waals surface area contributed by atoms with Crippen molar-refractivity contribution in [1.82, 2.24) is 19.6 Å². The number of halogens is 1. The summed E-state index contributed by atoms with van der Waals surface area (Å²) in [6.45, 7) is 2.00. The molecule has 2 heterocycles. The van der Waals surface area contributed by atoms with Gasteiger partial charge in [-0.05, 0) is 81.4 Å². The van der Waals surface area contributed by atoms with Crippen molar-refractivity contribution in [2.75, 3.05) is 5.32 Å². The van der Waals surface area contributed by atoms with Crippen LogP contribution in [0.25, 0.3) is 5.78 Å². The molecule has 4 saturated carbocycles. The molecule has 4 aliphatic carbocycles. The van der Waals surface area contributed by atoms with Crippen molar-refractivity contribution in [3.8, 4) is 0 Å². The normalized spacial score (nSPS) is 30.9. The lowest BCUT2D eigenvalue weighted by Crippen LogP contribution is -2.49. The smallest absolute Gasteiger partial charge is 0.254 e. The van der Waals surface area contributed by atoms with E-state index in [4.69, 9.17) is 21.7 Å². The van der Waals surface area contributed by atoms with Gasteiger partial charge in [0.25, 0.3) is 5.78 Å². The SMILES string of the molecule is Cc1cc(Nc2cccc(Cl)c2)n2nc(C34CC5CC(CC(C5)C3)C4)nc2n1. The van der Waals surface area contributed by atoms with E-state index < -0.39 is 0 Å². The van der Waals surface area contributed by atoms with Crippen molar-refractivity contribution in [2.45, 2.75) is 50.9 Å². The first-order valence-electron chi connectivity index (χ1n) is 10.3. The molecular formula is C22H24ClN5. The van der Waals surface area contributed by atoms with E-state index in [0.29, 0.717) is 10.8 Å². The van der Waals surface area contributed by atoms with E-state index >= 15 is 0 Å². The van der Waals surface area contributed by atoms with Gasteiger partial charge in [0.05, 0.1) is 0 Å². The Kier molecular flexibility index (Phi) is 3.55. The molecule has 28 heavy (non-hydrogen) atoms. The summed E-state index contributed by atoms with van der Waals surface area (Å²) in [5, 5.41) is 9.17. The van der Waals surface area contributed by atoms with E-state index in [1.165, 1.54) is 38.5 Å². The number of fused-ring (bicyclic) bond motifs is 1. The van der Waals surface area contributed by atoms with Crippen molar-refractivity contribution in [3.63, 3.8) is 0 Å². The minimum Gasteiger partial charge on any atom is -0.340 e. The molecule has 0 amide bonds. The van der Waals surface area contributed by atoms with E-state index in [1.54, 1.807) is 0 Å². The maximum absolute atomic E-state index is 6.15. The summed E-state index contributed by atoms with van der Waals surface area (Å²) in [7, 11) is 0. The maximum Gasteiger partial charge on any atom is 0.254 e. The highest BCUT2D eigenvalue weighted by molar-refractivity contribution is 6.30. The predicted octanol–water partition coefficient (Wildman–Crippen LogP) is 5.30. The quantitative estimate of drug-likeness (QED) is 0.656. The van der Waals surface area contributed by atoms with Gasteiger partial charge in [-0.3, -0.25) is 0 Å². The van der Waals surface area contributed by atoms with Crippen molar-refractivity contribution < 1.29 is 0 Å². The second-order valence-electron chi connectivity index (χ2n) is 9.26. The number of hydrogen-bond acceptors (Lipinski definition) is 4. The van der Waals surface area contributed by atoms with Gasteiger partial charge in [-0.1, -0.05) is 17.7 Å². The number of benzene rings is 1. The summed E-state index contributed by atoms with van der Waals surface area (Å²) < 4.78 is 1.88. The van der Waals surface area contributed by atoms with E-state index in [-0.39, 0.29) is 5.41 Å². The zero-order valence-electron chi connectivity index (χ0n) is 16.0. The van der Waals surface area contributed by atoms with Crippen LogP contribution in [0.2, 0.25) is 5.02 Å². The molecule has 4 aliphatic rings. The first-order valence-corrected chi connectivity index (χ1v) is 10.7. The Hall–Kier alpha value is -2.14. The maximum atomic E-state index is 6.15. The highest BCUT2D eigenvalue weighted by Crippen LogP contribution is 2.60. The molecule has 1 aromatic carbocycles. The summed E-state index contributed by atoms with van der Waals surface area (Å²) in [6.07, 6.45) is 8.03. The average Bonchev–Trinajstić information content (AvgIpc) is 3.06. The number of aromatic nitrogens is 4. The molecule has 6 heteroatoms. The van der Waals surface area contributed by atoms with Crippen molar-refractivity contribution in [3.05, 3.63) is 46.9 Å². The Morgan fingerprint density at radius 1 is 1.04 bits per heavy atom. The van der Waals surface area contributed by atoms with Gasteiger partial charge in [-0.2, -0.15) is 9.50 Å². The van der Waals surface area contributed by atoms with E-state index in [2.05, 4.69) is 10.3 Å². The number of nitrogens with one attached hydrogen (secondary N) is 1. The third-order valence-corrected chi connectivity index (χ3v) is 7.28. The molecule has 4 fully saturated rings. The fourth-order valence-corrected chi connectivity index (χ4v) is 6.59. The van der Waals surface area contributed by atoms with Crippen LogP contribution in [-0.2, 0) is 5.41 Å². The Bertz CT molecular complexity index is 1040. The molecule has 0 atom stereocenters. The Labute approximate surface area is 169 Å². The third kappa shape index (κ3) is 2.63. The van der Waals surface area contributed by atoms with Gasteiger partial charge in [0, 0.05) is 27.9 Å². The third-order valence-electron chi connectivity index (χ3n) is 7.05. The van der Waals surface area contributed by atoms with Crippen molar-refractivity contribution in [1.29, 1.82) is 0 Å². The fraction of sp³-hybridized carbons (Fsp3) is 0.500. The summed E-state index contributed by atoms with van der Waals surface area (Å²) in [6, 6.07) is 9.76. The minimum atomic E-state index is 0.170. The molecule has 1 N–H and O–H groups in total. The number of anilines is 2. The van der Waals surface area contributed by atoms with Gasteiger partial charge in [-0.15, -0.1) is 5.10 Å². The zero-order valence-corrected chi connectivity index (χ0v) is 16.8. The summed E-state index contributed by atoms with van der Waals surface area (Å²) in [5.41, 5.74) is 2.04. The van der Waals surface area contributed by atoms with Crippen LogP contribution in [0.4, 0.5) is 11.5 Å². The Balaban J connectivity index is 1.43. The molecule has 7 rings (SSSR count). The predicted molar refractivity (Wildman–Crippen MR) is 110 cm³/mol. The number of hydrogen-bond donors (Lipinski definition) is 1. The second-order valence-corrected chi connectivity index (χ2v) is 9.70. The summed E-state index contributed by atoms with van der Waals surface area (Å²) in [5.74, 6) is 5.20. The van der Waals surface area contributed by atoms with E-state index in [0.717, 1.165) is 40.8 Å². The monoisotopic (exact) mass is 393 g/mol. The molecule has 0 radical (unpaired) electrons. The molecule has 0 spiro atoms. The van der Waals surface area contributed by atoms with Crippen molar-refractivity contribution >= 4 is 28.9 Å². The van der Waals surface area contributed by atoms with Crippen LogP contribution in [0.15, 0.2) is 30.3 Å². The van der Waals surface area contributed by atoms with Gasteiger partial charge in [0.15, 0.2) is 5.82 Å². The van der Waals surface area contributed by atoms with Crippen molar-refractivity contribution in [2.24, 2.45) is 17.8 Å². The Morgan fingerprint density at radius 2 is 1.75 bits per heavy atom. The molecular weight excluding hydrogens is 370 g/mol. The molecule has 0 unspecified atom stereocenters. The molecule has 0 saturated heterocycles. The largest absolute Gasteiger partial charge is 0.340 e. The topological polar surface area (TPSA) is 55.1 Å². The lowest BCUT2D eigenvalue weighted by molar-refractivity contribution is -0.00925. The zero-order chi connectivity index (χ0) is 18.9. The minimum absolute atomic E-state index is 0.170. The van der Waals surface area contributed by atoms with Crippen LogP contribution >= 0.6 is 11.6 Å². The van der Waals surface area contributed by atoms with Crippen LogP contribution in [0.1, 0.15) is 50.0 Å². The van der Waals surface area contributed by atoms with Crippen LogP contribution in [0, 0.1) is 24.7 Å². The molecule has 0 aliphatic heterocycles.